The number of ether oxygens (including phenoxy) is 8. The van der Waals surface area contributed by atoms with Crippen LogP contribution < -0.4 is 127 Å². The average Bonchev–Trinajstić information content (AvgIpc) is 3.37. The van der Waals surface area contributed by atoms with Crippen LogP contribution in [-0.2, 0) is 64.4 Å². The fraction of sp³-hybridized carbons (Fsp3) is 0.407. The summed E-state index contributed by atoms with van der Waals surface area (Å²) in [7, 11) is 0.250. The van der Waals surface area contributed by atoms with Gasteiger partial charge in [-0.1, -0.05) is 35.2 Å². The Balaban J connectivity index is -0.000000135. The molecule has 80 heavy (non-hydrogen) atoms. The van der Waals surface area contributed by atoms with E-state index in [1.54, 1.807) is 116 Å². The first-order valence-corrected chi connectivity index (χ1v) is 25.6. The van der Waals surface area contributed by atoms with Crippen molar-refractivity contribution in [3.63, 3.8) is 0 Å². The molecule has 0 bridgehead atoms. The third-order valence-corrected chi connectivity index (χ3v) is 8.62. The van der Waals surface area contributed by atoms with Crippen molar-refractivity contribution in [3.05, 3.63) is 106 Å². The summed E-state index contributed by atoms with van der Waals surface area (Å²) in [5.74, 6) is 0.793. The van der Waals surface area contributed by atoms with Crippen molar-refractivity contribution in [2.75, 3.05) is 58.2 Å². The first-order chi connectivity index (χ1) is 36.9. The molecule has 0 saturated heterocycles. The third-order valence-electron chi connectivity index (χ3n) is 8.16. The van der Waals surface area contributed by atoms with Crippen molar-refractivity contribution < 1.29 is 206 Å². The number of aryl methyl sites for hydroxylation is 4. The minimum absolute atomic E-state index is 0. The van der Waals surface area contributed by atoms with Crippen LogP contribution in [0.1, 0.15) is 107 Å². The van der Waals surface area contributed by atoms with E-state index in [0.29, 0.717) is 65.9 Å². The summed E-state index contributed by atoms with van der Waals surface area (Å²) in [5, 5.41) is 34.6. The van der Waals surface area contributed by atoms with Gasteiger partial charge in [0.1, 0.15) is 41.1 Å². The summed E-state index contributed by atoms with van der Waals surface area (Å²) in [6, 6.07) is 19.5. The van der Waals surface area contributed by atoms with Gasteiger partial charge in [-0.25, -0.2) is 14.4 Å². The van der Waals surface area contributed by atoms with Crippen LogP contribution in [0.5, 0.6) is 34.5 Å². The molecule has 0 aromatic heterocycles. The monoisotopic (exact) mass is 1280 g/mol. The van der Waals surface area contributed by atoms with Gasteiger partial charge >= 0.3 is 133 Å². The Morgan fingerprint density at radius 2 is 0.938 bits per heavy atom. The number of hydrogen-bond donors (Lipinski definition) is 3. The molecule has 0 aliphatic rings. The number of hydrogen-bond acceptors (Lipinski definition) is 22. The molecule has 21 nitrogen and oxygen atoms in total. The second kappa shape index (κ2) is 58.4. The molecule has 0 heterocycles. The van der Waals surface area contributed by atoms with Crippen LogP contribution in [0.2, 0.25) is 0 Å². The van der Waals surface area contributed by atoms with Gasteiger partial charge in [-0.05, 0) is 179 Å². The van der Waals surface area contributed by atoms with Gasteiger partial charge < -0.3 is 64.8 Å². The number of Topliss-reactive ketones (excluding diaryl/α,β-unsaturated/α-hetero) is 2. The van der Waals surface area contributed by atoms with Crippen LogP contribution in [-0.4, -0.2) is 123 Å². The van der Waals surface area contributed by atoms with Gasteiger partial charge in [-0.3, -0.25) is 24.0 Å². The maximum atomic E-state index is 11.1. The maximum Gasteiger partial charge on any atom is 1.00 e. The van der Waals surface area contributed by atoms with E-state index in [-0.39, 0.29) is 187 Å². The van der Waals surface area contributed by atoms with Crippen LogP contribution >= 0.6 is 23.9 Å². The van der Waals surface area contributed by atoms with Crippen molar-refractivity contribution in [1.29, 1.82) is 1.28 Å². The molecule has 0 amide bonds. The van der Waals surface area contributed by atoms with Crippen LogP contribution in [0.3, 0.4) is 0 Å². The number of aliphatic hydroxyl groups is 1. The van der Waals surface area contributed by atoms with Gasteiger partial charge in [0.25, 0.3) is 6.47 Å². The van der Waals surface area contributed by atoms with Crippen LogP contribution in [0.15, 0.2) is 72.8 Å². The summed E-state index contributed by atoms with van der Waals surface area (Å²) in [6.07, 6.45) is 0. The fourth-order valence-corrected chi connectivity index (χ4v) is 5.09. The van der Waals surface area contributed by atoms with Crippen molar-refractivity contribution in [3.8, 4) is 34.5 Å². The Morgan fingerprint density at radius 1 is 0.613 bits per heavy atom. The number of ketones is 2. The van der Waals surface area contributed by atoms with E-state index >= 15 is 0 Å². The fourth-order valence-electron chi connectivity index (χ4n) is 4.93. The normalized spacial score (nSPS) is 8.91. The van der Waals surface area contributed by atoms with E-state index in [1.807, 2.05) is 6.92 Å². The molecule has 0 aliphatic carbocycles. The Morgan fingerprint density at radius 3 is 1.23 bits per heavy atom. The van der Waals surface area contributed by atoms with Crippen LogP contribution in [0.4, 0.5) is 0 Å². The summed E-state index contributed by atoms with van der Waals surface area (Å²) < 4.78 is 45.5. The SMILES string of the molecule is C.CC(=O)c1ccc(O)c(C)c1.CCO.CCOC(=O)CBr.CCOC(=O)COc1ccc(C(C)=O)cc1C.CCOC(=O)COc1ccc(O)cc1C.CCOC(=O)COc1ccc(OC(C)=O)cc1C.O=CO[O-].[3H]P=S.[H-].[K+].[K+]. The number of aromatic hydroxyl groups is 2. The van der Waals surface area contributed by atoms with Crippen LogP contribution in [0.25, 0.3) is 0 Å². The Hall–Kier alpha value is -3.77. The molecule has 0 radical (unpaired) electrons. The zero-order valence-electron chi connectivity index (χ0n) is 49.3. The second-order valence-electron chi connectivity index (χ2n) is 14.3. The smallest absolute Gasteiger partial charge is 1.00 e. The number of halogens is 1. The van der Waals surface area contributed by atoms with Gasteiger partial charge in [-0.2, -0.15) is 0 Å². The van der Waals surface area contributed by atoms with E-state index < -0.39 is 17.9 Å². The third kappa shape index (κ3) is 48.9. The molecule has 0 saturated carbocycles. The summed E-state index contributed by atoms with van der Waals surface area (Å²) >= 11 is 6.97. The number of carbonyl (C=O) groups is 8. The molecule has 26 heteroatoms. The number of benzene rings is 4. The van der Waals surface area contributed by atoms with Crippen molar-refractivity contribution in [2.24, 2.45) is 0 Å². The maximum absolute atomic E-state index is 11.1. The molecule has 0 fully saturated rings. The number of phenolic OH excluding ortho intramolecular Hbond substituents is 2. The molecule has 3 N–H and O–H groups in total. The number of rotatable bonds is 18. The number of esters is 5. The quantitative estimate of drug-likeness (QED) is 0.0123. The molecule has 438 valence electrons. The van der Waals surface area contributed by atoms with Gasteiger partial charge in [0.2, 0.25) is 0 Å². The predicted molar refractivity (Wildman–Crippen MR) is 300 cm³/mol. The Labute approximate surface area is 573 Å². The van der Waals surface area contributed by atoms with Crippen LogP contribution in [0, 0.1) is 27.7 Å². The standard InChI is InChI=1S/C13H16O5.C13H16O4.C11H14O4.C9H10O2.C4H7BrO2.C2H6O.CH2O3.CH4.2K.HPS.H/c1-4-16-13(15)8-17-12-6-5-11(7-9(12)2)18-10(3)14;1-4-16-13(15)8-17-12-6-5-11(10(3)14)7-9(12)2;1-3-14-11(13)7-15-10-5-4-9(12)6-8(10)2;1-6-5-8(7(2)10)3-4-9(6)11;1-2-7-4(6)3-5;1-2-3;2-1-4-3;;;;1-2;/h5-7H,4,8H2,1-3H3;5-7H,4,8H2,1-3H3;4-6,12H,3,7H2,1-2H3;3-5,11H,1-2H3;2-3H2,1H3;3H,2H2,1H3;1,3H;1H4;;;1H;/q;;;;;;;;2*+1;;-1/p-1/i;;;;;;;;;;1T;. The Bertz CT molecular complexity index is 2440. The van der Waals surface area contributed by atoms with E-state index in [9.17, 15) is 33.6 Å². The first-order valence-electron chi connectivity index (χ1n) is 23.5. The predicted octanol–water partition coefficient (Wildman–Crippen LogP) is 2.27. The van der Waals surface area contributed by atoms with E-state index in [0.717, 1.165) is 22.3 Å². The molecular formula is C54H76BrK2O21PS. The first kappa shape index (κ1) is 87.5. The average molecular weight is 1280 g/mol. The molecule has 4 aromatic rings. The summed E-state index contributed by atoms with van der Waals surface area (Å²) in [6.45, 7) is 21.4. The summed E-state index contributed by atoms with van der Waals surface area (Å²) in [5.41, 5.74) is 4.38. The van der Waals surface area contributed by atoms with Gasteiger partial charge in [-0.15, -0.1) is 0 Å². The second-order valence-corrected chi connectivity index (χ2v) is 14.9. The van der Waals surface area contributed by atoms with Gasteiger partial charge in [0.15, 0.2) is 31.4 Å². The number of carbonyl (C=O) groups excluding carboxylic acids is 8. The van der Waals surface area contributed by atoms with E-state index in [4.69, 9.17) is 59.8 Å². The van der Waals surface area contributed by atoms with E-state index in [1.165, 1.54) is 32.9 Å². The minimum atomic E-state index is -0.416. The molecular weight excluding hydrogens is 1210 g/mol. The molecule has 0 aliphatic heterocycles. The Kier molecular flexibility index (Phi) is 63.9. The van der Waals surface area contributed by atoms with Gasteiger partial charge in [0.05, 0.1) is 26.4 Å². The topological polar surface area (TPSA) is 303 Å². The molecule has 0 spiro atoms. The zero-order valence-corrected chi connectivity index (χ0v) is 56.8. The number of alkyl halides is 1. The number of phenols is 2. The molecule has 4 aromatic carbocycles. The van der Waals surface area contributed by atoms with Crippen molar-refractivity contribution in [1.82, 2.24) is 0 Å². The number of aliphatic hydroxyl groups excluding tert-OH is 1. The molecule has 0 atom stereocenters. The zero-order chi connectivity index (χ0) is 60.6. The van der Waals surface area contributed by atoms with Crippen molar-refractivity contribution >= 4 is 83.6 Å². The summed E-state index contributed by atoms with van der Waals surface area (Å²) in [4.78, 5) is 87.4. The minimum Gasteiger partial charge on any atom is -1.00 e. The van der Waals surface area contributed by atoms with E-state index in [2.05, 4.69) is 37.4 Å². The molecule has 0 unspecified atom stereocenters. The molecule has 4 rings (SSSR count). The van der Waals surface area contributed by atoms with Crippen molar-refractivity contribution in [2.45, 2.75) is 90.5 Å². The largest absolute Gasteiger partial charge is 1.00 e. The van der Waals surface area contributed by atoms with Gasteiger partial charge in [0, 0.05) is 24.7 Å².